The van der Waals surface area contributed by atoms with Gasteiger partial charge in [-0.25, -0.2) is 4.79 Å². The van der Waals surface area contributed by atoms with Crippen molar-refractivity contribution in [3.63, 3.8) is 0 Å². The highest BCUT2D eigenvalue weighted by atomic mass is 32.1. The van der Waals surface area contributed by atoms with Gasteiger partial charge in [-0.15, -0.1) is 0 Å². The first-order valence-electron chi connectivity index (χ1n) is 13.1. The summed E-state index contributed by atoms with van der Waals surface area (Å²) >= 11 is -1.50. The number of carbonyl (C=O) groups excluding carboxylic acids is 5. The maximum atomic E-state index is 12.3. The Morgan fingerprint density at radius 2 is 1.17 bits per heavy atom. The van der Waals surface area contributed by atoms with Gasteiger partial charge in [0.25, 0.3) is 11.4 Å². The zero-order valence-corrected chi connectivity index (χ0v) is 25.9. The van der Waals surface area contributed by atoms with E-state index in [2.05, 4.69) is 0 Å². The maximum Gasteiger partial charge on any atom is 0.350 e. The van der Waals surface area contributed by atoms with E-state index in [0.29, 0.717) is 36.8 Å². The molecule has 0 bridgehead atoms. The molecule has 2 aromatic carbocycles. The average molecular weight is 679 g/mol. The lowest BCUT2D eigenvalue weighted by Crippen LogP contribution is -2.35. The number of benzene rings is 2. The van der Waals surface area contributed by atoms with E-state index in [1.54, 1.807) is 26.0 Å². The van der Waals surface area contributed by atoms with Crippen molar-refractivity contribution in [2.45, 2.75) is 52.4 Å². The molecule has 2 aromatic rings. The van der Waals surface area contributed by atoms with Gasteiger partial charge in [0.05, 0.1) is 15.4 Å². The number of hydrogen-bond acceptors (Lipinski definition) is 14. The number of aryl methyl sites for hydroxylation is 2. The summed E-state index contributed by atoms with van der Waals surface area (Å²) in [7, 11) is 0. The van der Waals surface area contributed by atoms with Crippen molar-refractivity contribution in [2.24, 2.45) is 5.92 Å². The van der Waals surface area contributed by atoms with Gasteiger partial charge in [0.2, 0.25) is 0 Å². The molecule has 0 N–H and O–H groups in total. The predicted molar refractivity (Wildman–Crippen MR) is 158 cm³/mol. The molecule has 0 unspecified atom stereocenters. The number of nitrogens with zero attached hydrogens (tertiary/aromatic N) is 2. The Morgan fingerprint density at radius 1 is 0.739 bits per heavy atom. The summed E-state index contributed by atoms with van der Waals surface area (Å²) in [5.74, 6) is -3.66. The molecule has 1 saturated carbocycles. The molecule has 0 heterocycles. The number of hydrogen-bond donors (Lipinski definition) is 0. The van der Waals surface area contributed by atoms with Crippen molar-refractivity contribution in [1.29, 1.82) is 0 Å². The van der Waals surface area contributed by atoms with Crippen molar-refractivity contribution < 1.29 is 55.4 Å². The van der Waals surface area contributed by atoms with Gasteiger partial charge < -0.3 is 4.74 Å². The lowest BCUT2D eigenvalue weighted by molar-refractivity contribution is -0.385. The number of rotatable bonds is 6. The second-order valence-corrected chi connectivity index (χ2v) is 9.87. The third-order valence-electron chi connectivity index (χ3n) is 6.33. The van der Waals surface area contributed by atoms with E-state index in [-0.39, 0.29) is 46.9 Å². The quantitative estimate of drug-likeness (QED) is 0.140. The van der Waals surface area contributed by atoms with Crippen molar-refractivity contribution in [3.05, 3.63) is 90.7 Å². The van der Waals surface area contributed by atoms with Crippen LogP contribution in [0.3, 0.4) is 0 Å². The van der Waals surface area contributed by atoms with Crippen LogP contribution < -0.4 is 0 Å². The summed E-state index contributed by atoms with van der Waals surface area (Å²) in [5, 5.41) is 22.0. The van der Waals surface area contributed by atoms with Crippen LogP contribution in [-0.2, 0) is 42.3 Å². The Hall–Kier alpha value is -5.23. The number of carbonyl (C=O) groups is 5. The number of esters is 1. The van der Waals surface area contributed by atoms with Gasteiger partial charge in [0.15, 0.2) is 23.1 Å². The van der Waals surface area contributed by atoms with Crippen molar-refractivity contribution in [1.82, 2.24) is 0 Å². The molecule has 0 saturated heterocycles. The van der Waals surface area contributed by atoms with Crippen LogP contribution >= 0.6 is 0 Å². The average Bonchev–Trinajstić information content (AvgIpc) is 2.98. The molecule has 0 radical (unpaired) electrons. The lowest BCUT2D eigenvalue weighted by Gasteiger charge is -2.18. The summed E-state index contributed by atoms with van der Waals surface area (Å²) in [6.45, 7) is 3.36. The monoisotopic (exact) mass is 678 g/mol. The van der Waals surface area contributed by atoms with E-state index in [1.165, 1.54) is 30.3 Å². The number of nitro groups is 2. The SMILES string of the molecule is Cc1ccc(C(=O)C2C(=O)CCCC2=O)c([N+](=O)[O-])c1.Cc1ccc(C(=O)OC2=CC(=O)CCC2)c([N+](=O)[O-])c1.O=S=O.O=S=O. The fourth-order valence-corrected chi connectivity index (χ4v) is 4.33. The number of ether oxygens (including phenoxy) is 1. The molecular weight excluding hydrogens is 652 g/mol. The first-order chi connectivity index (χ1) is 21.7. The van der Waals surface area contributed by atoms with E-state index in [0.717, 1.165) is 0 Å². The number of nitro benzene ring substituents is 2. The van der Waals surface area contributed by atoms with Crippen LogP contribution in [0, 0.1) is 40.0 Å². The molecule has 16 nitrogen and oxygen atoms in total. The normalized spacial score (nSPS) is 14.0. The van der Waals surface area contributed by atoms with E-state index in [4.69, 9.17) is 21.6 Å². The molecule has 46 heavy (non-hydrogen) atoms. The summed E-state index contributed by atoms with van der Waals surface area (Å²) in [5.41, 5.74) is 0.377. The summed E-state index contributed by atoms with van der Waals surface area (Å²) in [6, 6.07) is 8.41. The van der Waals surface area contributed by atoms with Crippen LogP contribution in [0.2, 0.25) is 0 Å². The Balaban J connectivity index is 0.000000393. The third-order valence-corrected chi connectivity index (χ3v) is 6.33. The minimum Gasteiger partial charge on any atom is -0.427 e. The topological polar surface area (TPSA) is 249 Å². The lowest BCUT2D eigenvalue weighted by atomic mass is 9.81. The maximum absolute atomic E-state index is 12.3. The van der Waals surface area contributed by atoms with E-state index >= 15 is 0 Å². The van der Waals surface area contributed by atoms with Crippen LogP contribution in [0.5, 0.6) is 0 Å². The van der Waals surface area contributed by atoms with Gasteiger partial charge in [-0.2, -0.15) is 16.8 Å². The predicted octanol–water partition coefficient (Wildman–Crippen LogP) is 3.38. The molecule has 0 amide bonds. The first-order valence-corrected chi connectivity index (χ1v) is 14.4. The third kappa shape index (κ3) is 11.7. The first kappa shape index (κ1) is 38.8. The van der Waals surface area contributed by atoms with Gasteiger partial charge in [0.1, 0.15) is 17.2 Å². The molecule has 4 rings (SSSR count). The largest absolute Gasteiger partial charge is 0.427 e. The Labute approximate surface area is 267 Å². The smallest absolute Gasteiger partial charge is 0.350 e. The molecule has 0 spiro atoms. The molecule has 1 fully saturated rings. The van der Waals surface area contributed by atoms with E-state index in [9.17, 15) is 44.2 Å². The molecule has 0 aliphatic heterocycles. The highest BCUT2D eigenvalue weighted by Gasteiger charge is 2.38. The Bertz CT molecular complexity index is 1630. The number of Topliss-reactive ketones (excluding diaryl/α,β-unsaturated/α-hetero) is 3. The van der Waals surface area contributed by atoms with Crippen LogP contribution in [-0.4, -0.2) is 55.8 Å². The second-order valence-electron chi connectivity index (χ2n) is 9.59. The molecular formula is C28H26N2O14S2. The van der Waals surface area contributed by atoms with Crippen molar-refractivity contribution in [2.75, 3.05) is 0 Å². The highest BCUT2D eigenvalue weighted by Crippen LogP contribution is 2.28. The van der Waals surface area contributed by atoms with Crippen LogP contribution in [0.4, 0.5) is 11.4 Å². The molecule has 0 atom stereocenters. The fourth-order valence-electron chi connectivity index (χ4n) is 4.33. The fraction of sp³-hybridized carbons (Fsp3) is 0.321. The molecule has 0 aromatic heterocycles. The Kier molecular flexibility index (Phi) is 16.2. The van der Waals surface area contributed by atoms with Crippen molar-refractivity contribution in [3.8, 4) is 0 Å². The van der Waals surface area contributed by atoms with Gasteiger partial charge in [-0.1, -0.05) is 12.1 Å². The van der Waals surface area contributed by atoms with Crippen LogP contribution in [0.15, 0.2) is 48.2 Å². The standard InChI is InChI=1S/2C14H13NO5.2O2S/c1-9-5-6-12(13(7-9)15(18)19)14(17)20-11-4-2-3-10(16)8-11;1-8-5-6-9(10(7-8)15(19)20)14(18)13-11(16)3-2-4-12(13)17;2*1-3-2/h5-8H,2-4H2,1H3;5-7,13H,2-4H2,1H3;;. The minimum absolute atomic E-state index is 0.0996. The van der Waals surface area contributed by atoms with Gasteiger partial charge >= 0.3 is 29.1 Å². The van der Waals surface area contributed by atoms with Gasteiger partial charge in [0, 0.05) is 43.9 Å². The summed E-state index contributed by atoms with van der Waals surface area (Å²) < 4.78 is 38.2. The zero-order chi connectivity index (χ0) is 35.0. The van der Waals surface area contributed by atoms with Crippen molar-refractivity contribution >= 4 is 63.6 Å². The Morgan fingerprint density at radius 3 is 1.63 bits per heavy atom. The molecule has 2 aliphatic carbocycles. The molecule has 244 valence electrons. The zero-order valence-electron chi connectivity index (χ0n) is 24.3. The van der Waals surface area contributed by atoms with E-state index in [1.807, 2.05) is 0 Å². The van der Waals surface area contributed by atoms with Gasteiger partial charge in [-0.3, -0.25) is 39.4 Å². The second kappa shape index (κ2) is 19.2. The minimum atomic E-state index is -1.37. The van der Waals surface area contributed by atoms with E-state index < -0.39 is 62.2 Å². The van der Waals surface area contributed by atoms with Gasteiger partial charge in [-0.05, 0) is 49.9 Å². The molecule has 18 heteroatoms. The highest BCUT2D eigenvalue weighted by molar-refractivity contribution is 7.51. The number of ketones is 4. The van der Waals surface area contributed by atoms with Crippen LogP contribution in [0.1, 0.15) is 70.4 Å². The van der Waals surface area contributed by atoms with Crippen LogP contribution in [0.25, 0.3) is 0 Å². The summed E-state index contributed by atoms with van der Waals surface area (Å²) in [4.78, 5) is 79.7. The number of allylic oxidation sites excluding steroid dienone is 2. The molecule has 2 aliphatic rings. The summed E-state index contributed by atoms with van der Waals surface area (Å²) in [6.07, 6.45) is 3.60.